The van der Waals surface area contributed by atoms with Crippen molar-refractivity contribution in [2.24, 2.45) is 0 Å². The van der Waals surface area contributed by atoms with Crippen molar-refractivity contribution in [3.63, 3.8) is 0 Å². The summed E-state index contributed by atoms with van der Waals surface area (Å²) in [6.07, 6.45) is 5.00. The fourth-order valence-corrected chi connectivity index (χ4v) is 3.44. The average Bonchev–Trinajstić information content (AvgIpc) is 3.36. The number of halogens is 1. The van der Waals surface area contributed by atoms with Crippen LogP contribution in [0.15, 0.2) is 104 Å². The van der Waals surface area contributed by atoms with E-state index >= 15 is 0 Å². The van der Waals surface area contributed by atoms with Gasteiger partial charge in [-0.25, -0.2) is 19.0 Å². The van der Waals surface area contributed by atoms with Gasteiger partial charge in [-0.1, -0.05) is 0 Å². The van der Waals surface area contributed by atoms with Gasteiger partial charge in [-0.2, -0.15) is 5.10 Å². The van der Waals surface area contributed by atoms with Gasteiger partial charge in [0.15, 0.2) is 0 Å². The van der Waals surface area contributed by atoms with Crippen LogP contribution in [0.2, 0.25) is 0 Å². The Morgan fingerprint density at radius 2 is 1.44 bits per heavy atom. The van der Waals surface area contributed by atoms with Gasteiger partial charge < -0.3 is 10.6 Å². The van der Waals surface area contributed by atoms with E-state index in [4.69, 9.17) is 0 Å². The number of aromatic nitrogens is 4. The molecule has 34 heavy (non-hydrogen) atoms. The van der Waals surface area contributed by atoms with E-state index in [1.807, 2.05) is 30.3 Å². The number of nitrogens with one attached hydrogen (secondary N) is 2. The van der Waals surface area contributed by atoms with Crippen LogP contribution in [-0.4, -0.2) is 25.7 Å². The van der Waals surface area contributed by atoms with Crippen molar-refractivity contribution < 1.29 is 9.18 Å². The van der Waals surface area contributed by atoms with Crippen LogP contribution in [0.1, 0.15) is 10.4 Å². The molecule has 0 fully saturated rings. The van der Waals surface area contributed by atoms with Crippen LogP contribution in [0.3, 0.4) is 0 Å². The van der Waals surface area contributed by atoms with Gasteiger partial charge in [-0.05, 0) is 84.9 Å². The molecule has 166 valence electrons. The summed E-state index contributed by atoms with van der Waals surface area (Å²) < 4.78 is 15.0. The summed E-state index contributed by atoms with van der Waals surface area (Å²) in [6.45, 7) is 0. The predicted octanol–water partition coefficient (Wildman–Crippen LogP) is 5.46. The third-order valence-corrected chi connectivity index (χ3v) is 5.12. The molecule has 2 aromatic heterocycles. The van der Waals surface area contributed by atoms with Gasteiger partial charge in [-0.15, -0.1) is 0 Å². The summed E-state index contributed by atoms with van der Waals surface area (Å²) in [4.78, 5) is 20.9. The molecule has 3 aromatic carbocycles. The SMILES string of the molecule is O=C(Nc1ccc(Nc2ncccn2)cc1)c1ccc(-n2nccc2-c2ccc(F)cc2)cc1. The number of benzene rings is 3. The molecule has 0 radical (unpaired) electrons. The van der Waals surface area contributed by atoms with Crippen LogP contribution in [0.5, 0.6) is 0 Å². The number of hydrogen-bond donors (Lipinski definition) is 2. The topological polar surface area (TPSA) is 84.7 Å². The lowest BCUT2D eigenvalue weighted by Crippen LogP contribution is -2.12. The first kappa shape index (κ1) is 21.0. The zero-order chi connectivity index (χ0) is 23.3. The number of carbonyl (C=O) groups is 1. The van der Waals surface area contributed by atoms with Gasteiger partial charge >= 0.3 is 0 Å². The highest BCUT2D eigenvalue weighted by atomic mass is 19.1. The molecule has 0 saturated heterocycles. The minimum Gasteiger partial charge on any atom is -0.324 e. The van der Waals surface area contributed by atoms with Crippen LogP contribution in [-0.2, 0) is 0 Å². The van der Waals surface area contributed by atoms with E-state index in [0.717, 1.165) is 22.6 Å². The van der Waals surface area contributed by atoms with E-state index in [1.165, 1.54) is 12.1 Å². The van der Waals surface area contributed by atoms with Crippen LogP contribution in [0, 0.1) is 5.82 Å². The molecule has 5 aromatic rings. The normalized spacial score (nSPS) is 10.6. The van der Waals surface area contributed by atoms with Gasteiger partial charge in [0.05, 0.1) is 17.6 Å². The third kappa shape index (κ3) is 4.66. The van der Waals surface area contributed by atoms with E-state index < -0.39 is 0 Å². The highest BCUT2D eigenvalue weighted by molar-refractivity contribution is 6.04. The molecule has 0 aliphatic rings. The third-order valence-electron chi connectivity index (χ3n) is 5.12. The smallest absolute Gasteiger partial charge is 0.255 e. The number of amides is 1. The molecule has 0 saturated carbocycles. The molecule has 0 unspecified atom stereocenters. The van der Waals surface area contributed by atoms with Crippen LogP contribution < -0.4 is 10.6 Å². The van der Waals surface area contributed by atoms with E-state index in [1.54, 1.807) is 65.7 Å². The Labute approximate surface area is 194 Å². The maximum absolute atomic E-state index is 13.3. The predicted molar refractivity (Wildman–Crippen MR) is 129 cm³/mol. The summed E-state index contributed by atoms with van der Waals surface area (Å²) in [7, 11) is 0. The zero-order valence-corrected chi connectivity index (χ0v) is 17.9. The molecule has 2 N–H and O–H groups in total. The van der Waals surface area contributed by atoms with Crippen molar-refractivity contribution in [2.75, 3.05) is 10.6 Å². The maximum atomic E-state index is 13.3. The molecule has 0 bridgehead atoms. The molecular weight excluding hydrogens is 431 g/mol. The first-order valence-corrected chi connectivity index (χ1v) is 10.5. The first-order chi connectivity index (χ1) is 16.7. The molecule has 7 nitrogen and oxygen atoms in total. The molecule has 0 atom stereocenters. The minimum absolute atomic E-state index is 0.224. The molecule has 0 aliphatic carbocycles. The Kier molecular flexibility index (Phi) is 5.77. The standard InChI is InChI=1S/C26H19FN6O/c27-20-6-2-18(3-7-20)24-14-17-30-33(24)23-12-4-19(5-13-23)25(34)31-21-8-10-22(11-9-21)32-26-28-15-1-16-29-26/h1-17H,(H,31,34)(H,28,29,32). The summed E-state index contributed by atoms with van der Waals surface area (Å²) in [6, 6.07) is 24.2. The van der Waals surface area contributed by atoms with Gasteiger partial charge in [-0.3, -0.25) is 4.79 Å². The molecule has 5 rings (SSSR count). The van der Waals surface area contributed by atoms with Gasteiger partial charge in [0.2, 0.25) is 5.95 Å². The molecule has 0 aliphatic heterocycles. The summed E-state index contributed by atoms with van der Waals surface area (Å²) >= 11 is 0. The molecule has 0 spiro atoms. The van der Waals surface area contributed by atoms with E-state index in [0.29, 0.717) is 17.2 Å². The fraction of sp³-hybridized carbons (Fsp3) is 0. The largest absolute Gasteiger partial charge is 0.324 e. The van der Waals surface area contributed by atoms with Crippen LogP contribution >= 0.6 is 0 Å². The van der Waals surface area contributed by atoms with Crippen molar-refractivity contribution >= 4 is 23.2 Å². The van der Waals surface area contributed by atoms with Crippen molar-refractivity contribution in [3.05, 3.63) is 115 Å². The van der Waals surface area contributed by atoms with Gasteiger partial charge in [0, 0.05) is 34.9 Å². The Balaban J connectivity index is 1.27. The number of carbonyl (C=O) groups excluding carboxylic acids is 1. The lowest BCUT2D eigenvalue weighted by molar-refractivity contribution is 0.102. The summed E-state index contributed by atoms with van der Waals surface area (Å²) in [5.74, 6) is -0.0155. The van der Waals surface area contributed by atoms with Gasteiger partial charge in [0.25, 0.3) is 5.91 Å². The zero-order valence-electron chi connectivity index (χ0n) is 17.9. The quantitative estimate of drug-likeness (QED) is 0.359. The lowest BCUT2D eigenvalue weighted by Gasteiger charge is -2.10. The van der Waals surface area contributed by atoms with Crippen molar-refractivity contribution in [1.29, 1.82) is 0 Å². The Hall–Kier alpha value is -4.85. The van der Waals surface area contributed by atoms with Crippen molar-refractivity contribution in [3.8, 4) is 16.9 Å². The number of anilines is 3. The monoisotopic (exact) mass is 450 g/mol. The summed E-state index contributed by atoms with van der Waals surface area (Å²) in [5.41, 5.74) is 4.45. The molecule has 8 heteroatoms. The number of nitrogens with zero attached hydrogens (tertiary/aromatic N) is 4. The second kappa shape index (κ2) is 9.33. The Morgan fingerprint density at radius 3 is 2.15 bits per heavy atom. The number of hydrogen-bond acceptors (Lipinski definition) is 5. The van der Waals surface area contributed by atoms with Crippen molar-refractivity contribution in [2.45, 2.75) is 0 Å². The highest BCUT2D eigenvalue weighted by Gasteiger charge is 2.10. The highest BCUT2D eigenvalue weighted by Crippen LogP contribution is 2.23. The fourth-order valence-electron chi connectivity index (χ4n) is 3.44. The molecule has 2 heterocycles. The van der Waals surface area contributed by atoms with Crippen molar-refractivity contribution in [1.82, 2.24) is 19.7 Å². The van der Waals surface area contributed by atoms with Crippen LogP contribution in [0.25, 0.3) is 16.9 Å². The van der Waals surface area contributed by atoms with E-state index in [9.17, 15) is 9.18 Å². The van der Waals surface area contributed by atoms with E-state index in [-0.39, 0.29) is 11.7 Å². The second-order valence-corrected chi connectivity index (χ2v) is 7.41. The maximum Gasteiger partial charge on any atom is 0.255 e. The second-order valence-electron chi connectivity index (χ2n) is 7.41. The van der Waals surface area contributed by atoms with Crippen LogP contribution in [0.4, 0.5) is 21.7 Å². The summed E-state index contributed by atoms with van der Waals surface area (Å²) in [5, 5.41) is 10.4. The minimum atomic E-state index is -0.290. The average molecular weight is 450 g/mol. The molecule has 1 amide bonds. The number of rotatable bonds is 6. The first-order valence-electron chi connectivity index (χ1n) is 10.5. The Morgan fingerprint density at radius 1 is 0.765 bits per heavy atom. The Bertz CT molecular complexity index is 1400. The molecular formula is C26H19FN6O. The van der Waals surface area contributed by atoms with E-state index in [2.05, 4.69) is 25.7 Å². The van der Waals surface area contributed by atoms with Gasteiger partial charge in [0.1, 0.15) is 5.82 Å². The lowest BCUT2D eigenvalue weighted by atomic mass is 10.1.